The number of nitrogens with zero attached hydrogens (tertiary/aromatic N) is 4. The number of aliphatic hydroxyl groups excluding tert-OH is 1. The van der Waals surface area contributed by atoms with E-state index in [-0.39, 0.29) is 5.69 Å². The standard InChI is InChI=1S/C13H10BrF3N4O/c1-20-5-8(12(14)19-20)11(22)9-6-21-4-7(13(15,16)17)2-3-10(21)18-9/h2-6,11,22H,1H3. The third-order valence-electron chi connectivity index (χ3n) is 3.18. The van der Waals surface area contributed by atoms with Crippen molar-refractivity contribution >= 4 is 21.6 Å². The van der Waals surface area contributed by atoms with Crippen LogP contribution in [0.4, 0.5) is 13.2 Å². The van der Waals surface area contributed by atoms with Gasteiger partial charge in [0.2, 0.25) is 0 Å². The molecule has 0 aliphatic heterocycles. The monoisotopic (exact) mass is 374 g/mol. The SMILES string of the molecule is Cn1cc(C(O)c2cn3cc(C(F)(F)F)ccc3n2)c(Br)n1. The van der Waals surface area contributed by atoms with E-state index in [1.807, 2.05) is 0 Å². The molecule has 0 saturated heterocycles. The summed E-state index contributed by atoms with van der Waals surface area (Å²) in [5.74, 6) is 0. The lowest BCUT2D eigenvalue weighted by atomic mass is 10.1. The molecule has 22 heavy (non-hydrogen) atoms. The van der Waals surface area contributed by atoms with Gasteiger partial charge >= 0.3 is 6.18 Å². The van der Waals surface area contributed by atoms with Gasteiger partial charge in [-0.2, -0.15) is 18.3 Å². The zero-order chi connectivity index (χ0) is 16.1. The Kier molecular flexibility index (Phi) is 3.48. The third-order valence-corrected chi connectivity index (χ3v) is 3.80. The summed E-state index contributed by atoms with van der Waals surface area (Å²) >= 11 is 3.22. The summed E-state index contributed by atoms with van der Waals surface area (Å²) in [6, 6.07) is 2.22. The van der Waals surface area contributed by atoms with E-state index < -0.39 is 17.8 Å². The van der Waals surface area contributed by atoms with E-state index in [2.05, 4.69) is 26.0 Å². The number of imidazole rings is 1. The number of aromatic nitrogens is 4. The molecule has 0 saturated carbocycles. The van der Waals surface area contributed by atoms with Crippen LogP contribution in [0, 0.1) is 0 Å². The summed E-state index contributed by atoms with van der Waals surface area (Å²) in [5, 5.41) is 14.4. The lowest BCUT2D eigenvalue weighted by molar-refractivity contribution is -0.137. The predicted octanol–water partition coefficient (Wildman–Crippen LogP) is 2.93. The van der Waals surface area contributed by atoms with Crippen molar-refractivity contribution in [3.8, 4) is 0 Å². The molecular formula is C13H10BrF3N4O. The van der Waals surface area contributed by atoms with E-state index in [4.69, 9.17) is 0 Å². The van der Waals surface area contributed by atoms with Crippen molar-refractivity contribution in [1.82, 2.24) is 19.2 Å². The summed E-state index contributed by atoms with van der Waals surface area (Å²) < 4.78 is 41.3. The lowest BCUT2D eigenvalue weighted by Crippen LogP contribution is -2.05. The normalized spacial score (nSPS) is 13.7. The van der Waals surface area contributed by atoms with Gasteiger partial charge < -0.3 is 9.51 Å². The Balaban J connectivity index is 2.03. The smallest absolute Gasteiger partial charge is 0.382 e. The minimum absolute atomic E-state index is 0.244. The van der Waals surface area contributed by atoms with E-state index >= 15 is 0 Å². The van der Waals surface area contributed by atoms with E-state index in [0.29, 0.717) is 15.8 Å². The molecule has 1 N–H and O–H groups in total. The lowest BCUT2D eigenvalue weighted by Gasteiger charge is -2.06. The summed E-state index contributed by atoms with van der Waals surface area (Å²) in [5.41, 5.74) is 0.276. The molecule has 0 aliphatic carbocycles. The maximum Gasteiger partial charge on any atom is 0.417 e. The van der Waals surface area contributed by atoms with Crippen LogP contribution in [0.25, 0.3) is 5.65 Å². The molecule has 3 rings (SSSR count). The van der Waals surface area contributed by atoms with Gasteiger partial charge in [0.1, 0.15) is 16.4 Å². The van der Waals surface area contributed by atoms with Crippen LogP contribution < -0.4 is 0 Å². The van der Waals surface area contributed by atoms with Gasteiger partial charge in [0.25, 0.3) is 0 Å². The number of alkyl halides is 3. The van der Waals surface area contributed by atoms with Gasteiger partial charge in [-0.25, -0.2) is 4.98 Å². The Hall–Kier alpha value is -1.87. The second kappa shape index (κ2) is 5.10. The molecule has 3 aromatic rings. The van der Waals surface area contributed by atoms with E-state index in [1.54, 1.807) is 13.2 Å². The van der Waals surface area contributed by atoms with Crippen molar-refractivity contribution < 1.29 is 18.3 Å². The number of pyridine rings is 1. The minimum Gasteiger partial charge on any atom is -0.382 e. The van der Waals surface area contributed by atoms with Crippen molar-refractivity contribution in [2.45, 2.75) is 12.3 Å². The fourth-order valence-corrected chi connectivity index (χ4v) is 2.70. The molecule has 0 bridgehead atoms. The highest BCUT2D eigenvalue weighted by atomic mass is 79.9. The molecule has 0 aromatic carbocycles. The molecule has 116 valence electrons. The average Bonchev–Trinajstić information content (AvgIpc) is 2.99. The summed E-state index contributed by atoms with van der Waals surface area (Å²) in [4.78, 5) is 4.15. The van der Waals surface area contributed by atoms with Gasteiger partial charge in [0.15, 0.2) is 0 Å². The molecule has 3 aromatic heterocycles. The molecule has 0 radical (unpaired) electrons. The van der Waals surface area contributed by atoms with E-state index in [9.17, 15) is 18.3 Å². The zero-order valence-electron chi connectivity index (χ0n) is 11.2. The summed E-state index contributed by atoms with van der Waals surface area (Å²) in [6.07, 6.45) is -1.59. The van der Waals surface area contributed by atoms with Crippen molar-refractivity contribution in [2.75, 3.05) is 0 Å². The first-order valence-corrected chi connectivity index (χ1v) is 6.98. The van der Waals surface area contributed by atoms with Crippen LogP contribution in [0.2, 0.25) is 0 Å². The predicted molar refractivity (Wildman–Crippen MR) is 75.2 cm³/mol. The molecule has 1 atom stereocenters. The van der Waals surface area contributed by atoms with Crippen molar-refractivity contribution in [1.29, 1.82) is 0 Å². The largest absolute Gasteiger partial charge is 0.417 e. The van der Waals surface area contributed by atoms with Gasteiger partial charge in [-0.05, 0) is 28.1 Å². The Morgan fingerprint density at radius 3 is 2.55 bits per heavy atom. The van der Waals surface area contributed by atoms with Crippen molar-refractivity contribution in [3.05, 3.63) is 52.1 Å². The quantitative estimate of drug-likeness (QED) is 0.750. The minimum atomic E-state index is -4.43. The number of aryl methyl sites for hydroxylation is 1. The summed E-state index contributed by atoms with van der Waals surface area (Å²) in [7, 11) is 1.69. The Bertz CT molecular complexity index is 840. The number of hydrogen-bond donors (Lipinski definition) is 1. The molecule has 1 unspecified atom stereocenters. The highest BCUT2D eigenvalue weighted by Gasteiger charge is 2.31. The molecule has 3 heterocycles. The molecule has 0 spiro atoms. The first-order valence-electron chi connectivity index (χ1n) is 6.18. The van der Waals surface area contributed by atoms with Gasteiger partial charge in [-0.15, -0.1) is 0 Å². The topological polar surface area (TPSA) is 55.4 Å². The first-order chi connectivity index (χ1) is 10.3. The highest BCUT2D eigenvalue weighted by molar-refractivity contribution is 9.10. The Labute approximate surface area is 131 Å². The van der Waals surface area contributed by atoms with Gasteiger partial charge in [-0.1, -0.05) is 0 Å². The van der Waals surface area contributed by atoms with E-state index in [1.165, 1.54) is 21.3 Å². The number of rotatable bonds is 2. The van der Waals surface area contributed by atoms with Crippen LogP contribution in [-0.4, -0.2) is 24.3 Å². The van der Waals surface area contributed by atoms with Gasteiger partial charge in [0.05, 0.1) is 11.3 Å². The Morgan fingerprint density at radius 1 is 1.23 bits per heavy atom. The molecule has 9 heteroatoms. The highest BCUT2D eigenvalue weighted by Crippen LogP contribution is 2.31. The Morgan fingerprint density at radius 2 is 1.95 bits per heavy atom. The fourth-order valence-electron chi connectivity index (χ4n) is 2.13. The van der Waals surface area contributed by atoms with Crippen LogP contribution in [0.5, 0.6) is 0 Å². The number of halogens is 4. The zero-order valence-corrected chi connectivity index (χ0v) is 12.8. The second-order valence-corrected chi connectivity index (χ2v) is 5.55. The molecule has 0 aliphatic rings. The molecule has 5 nitrogen and oxygen atoms in total. The number of aliphatic hydroxyl groups is 1. The third kappa shape index (κ3) is 2.61. The van der Waals surface area contributed by atoms with Crippen LogP contribution in [0.15, 0.2) is 35.3 Å². The summed E-state index contributed by atoms with van der Waals surface area (Å²) in [6.45, 7) is 0. The number of fused-ring (bicyclic) bond motifs is 1. The fraction of sp³-hybridized carbons (Fsp3) is 0.231. The van der Waals surface area contributed by atoms with Gasteiger partial charge in [0, 0.05) is 31.2 Å². The number of hydrogen-bond acceptors (Lipinski definition) is 3. The van der Waals surface area contributed by atoms with Crippen molar-refractivity contribution in [2.24, 2.45) is 7.05 Å². The average molecular weight is 375 g/mol. The first kappa shape index (κ1) is 15.0. The van der Waals surface area contributed by atoms with Crippen LogP contribution in [0.3, 0.4) is 0 Å². The molecule has 0 amide bonds. The van der Waals surface area contributed by atoms with Crippen LogP contribution in [-0.2, 0) is 13.2 Å². The second-order valence-electron chi connectivity index (χ2n) is 4.80. The van der Waals surface area contributed by atoms with Gasteiger partial charge in [-0.3, -0.25) is 4.68 Å². The molecule has 0 fully saturated rings. The van der Waals surface area contributed by atoms with Crippen LogP contribution >= 0.6 is 15.9 Å². The molecular weight excluding hydrogens is 365 g/mol. The maximum absolute atomic E-state index is 12.7. The maximum atomic E-state index is 12.7. The van der Waals surface area contributed by atoms with Crippen molar-refractivity contribution in [3.63, 3.8) is 0 Å². The van der Waals surface area contributed by atoms with E-state index in [0.717, 1.165) is 12.3 Å². The van der Waals surface area contributed by atoms with Crippen LogP contribution in [0.1, 0.15) is 22.9 Å².